The molecule has 0 amide bonds. The molecule has 0 spiro atoms. The topological polar surface area (TPSA) is 37.3 Å². The summed E-state index contributed by atoms with van der Waals surface area (Å²) in [7, 11) is 0. The highest BCUT2D eigenvalue weighted by molar-refractivity contribution is 5.84. The predicted octanol–water partition coefficient (Wildman–Crippen LogP) is 3.27. The molecule has 1 aromatic rings. The molecule has 0 saturated carbocycles. The third-order valence-electron chi connectivity index (χ3n) is 3.50. The van der Waals surface area contributed by atoms with Crippen LogP contribution in [-0.2, 0) is 11.2 Å². The first-order valence-corrected chi connectivity index (χ1v) is 6.05. The summed E-state index contributed by atoms with van der Waals surface area (Å²) < 4.78 is 0. The SMILES string of the molecule is Cc1cccc(C)c1CC1C=C(O)CCC1=O. The standard InChI is InChI=1S/C15H18O2/c1-10-4-3-5-11(2)14(10)9-12-8-13(16)6-7-15(12)17/h3-5,8,12,16H,6-7,9H2,1-2H3. The fourth-order valence-corrected chi connectivity index (χ4v) is 2.41. The van der Waals surface area contributed by atoms with Gasteiger partial charge in [0.15, 0.2) is 0 Å². The number of benzene rings is 1. The number of hydrogen-bond acceptors (Lipinski definition) is 2. The molecule has 1 aliphatic rings. The number of hydrogen-bond donors (Lipinski definition) is 1. The van der Waals surface area contributed by atoms with Crippen LogP contribution in [0.5, 0.6) is 0 Å². The smallest absolute Gasteiger partial charge is 0.140 e. The molecule has 0 fully saturated rings. The van der Waals surface area contributed by atoms with Crippen molar-refractivity contribution in [2.24, 2.45) is 5.92 Å². The summed E-state index contributed by atoms with van der Waals surface area (Å²) in [5.74, 6) is 0.454. The van der Waals surface area contributed by atoms with E-state index < -0.39 is 0 Å². The maximum absolute atomic E-state index is 11.8. The molecule has 1 aliphatic carbocycles. The fourth-order valence-electron chi connectivity index (χ4n) is 2.41. The molecular weight excluding hydrogens is 212 g/mol. The van der Waals surface area contributed by atoms with Crippen LogP contribution < -0.4 is 0 Å². The van der Waals surface area contributed by atoms with E-state index in [1.807, 2.05) is 6.07 Å². The largest absolute Gasteiger partial charge is 0.513 e. The molecule has 0 aliphatic heterocycles. The van der Waals surface area contributed by atoms with Crippen LogP contribution in [0.4, 0.5) is 0 Å². The first-order chi connectivity index (χ1) is 8.08. The molecule has 0 saturated heterocycles. The van der Waals surface area contributed by atoms with Crippen LogP contribution >= 0.6 is 0 Å². The van der Waals surface area contributed by atoms with E-state index in [-0.39, 0.29) is 11.7 Å². The van der Waals surface area contributed by atoms with Gasteiger partial charge in [0.05, 0.1) is 5.76 Å². The van der Waals surface area contributed by atoms with Crippen molar-refractivity contribution in [3.05, 3.63) is 46.7 Å². The molecule has 90 valence electrons. The summed E-state index contributed by atoms with van der Waals surface area (Å²) >= 11 is 0. The van der Waals surface area contributed by atoms with Crippen molar-refractivity contribution in [3.8, 4) is 0 Å². The molecule has 1 aromatic carbocycles. The lowest BCUT2D eigenvalue weighted by atomic mass is 9.85. The number of aryl methyl sites for hydroxylation is 2. The Balaban J connectivity index is 2.26. The van der Waals surface area contributed by atoms with Crippen LogP contribution in [0.2, 0.25) is 0 Å². The highest BCUT2D eigenvalue weighted by Gasteiger charge is 2.23. The van der Waals surface area contributed by atoms with E-state index in [2.05, 4.69) is 26.0 Å². The van der Waals surface area contributed by atoms with Gasteiger partial charge in [-0.25, -0.2) is 0 Å². The highest BCUT2D eigenvalue weighted by atomic mass is 16.3. The third kappa shape index (κ3) is 2.57. The van der Waals surface area contributed by atoms with E-state index in [0.717, 1.165) is 0 Å². The summed E-state index contributed by atoms with van der Waals surface area (Å²) in [5, 5.41) is 9.52. The lowest BCUT2D eigenvalue weighted by molar-refractivity contribution is -0.122. The van der Waals surface area contributed by atoms with Crippen molar-refractivity contribution in [3.63, 3.8) is 0 Å². The molecule has 0 heterocycles. The van der Waals surface area contributed by atoms with Gasteiger partial charge in [-0.05, 0) is 43.0 Å². The van der Waals surface area contributed by atoms with Gasteiger partial charge in [-0.2, -0.15) is 0 Å². The molecule has 0 radical (unpaired) electrons. The molecule has 0 bridgehead atoms. The summed E-state index contributed by atoms with van der Waals surface area (Å²) in [5.41, 5.74) is 3.67. The molecule has 0 aromatic heterocycles. The third-order valence-corrected chi connectivity index (χ3v) is 3.50. The number of Topliss-reactive ketones (excluding diaryl/α,β-unsaturated/α-hetero) is 1. The second-order valence-corrected chi connectivity index (χ2v) is 4.81. The van der Waals surface area contributed by atoms with E-state index in [9.17, 15) is 9.90 Å². The molecule has 1 N–H and O–H groups in total. The number of aliphatic hydroxyl groups is 1. The van der Waals surface area contributed by atoms with Crippen LogP contribution in [0.3, 0.4) is 0 Å². The lowest BCUT2D eigenvalue weighted by Crippen LogP contribution is -2.20. The molecule has 1 atom stereocenters. The van der Waals surface area contributed by atoms with Crippen LogP contribution in [0.1, 0.15) is 29.5 Å². The average Bonchev–Trinajstić information content (AvgIpc) is 2.28. The Hall–Kier alpha value is -1.57. The summed E-state index contributed by atoms with van der Waals surface area (Å²) in [6, 6.07) is 6.17. The van der Waals surface area contributed by atoms with Gasteiger partial charge in [-0.15, -0.1) is 0 Å². The van der Waals surface area contributed by atoms with Gasteiger partial charge in [0.2, 0.25) is 0 Å². The monoisotopic (exact) mass is 230 g/mol. The Morgan fingerprint density at radius 3 is 2.53 bits per heavy atom. The number of aliphatic hydroxyl groups excluding tert-OH is 1. The number of rotatable bonds is 2. The second kappa shape index (κ2) is 4.74. The van der Waals surface area contributed by atoms with Crippen molar-refractivity contribution in [1.29, 1.82) is 0 Å². The quantitative estimate of drug-likeness (QED) is 0.846. The zero-order valence-corrected chi connectivity index (χ0v) is 10.4. The van der Waals surface area contributed by atoms with Crippen molar-refractivity contribution in [2.75, 3.05) is 0 Å². The Morgan fingerprint density at radius 1 is 1.24 bits per heavy atom. The van der Waals surface area contributed by atoms with Crippen molar-refractivity contribution < 1.29 is 9.90 Å². The summed E-state index contributed by atoms with van der Waals surface area (Å²) in [6.45, 7) is 4.14. The van der Waals surface area contributed by atoms with Crippen LogP contribution in [0.15, 0.2) is 30.0 Å². The number of carbonyl (C=O) groups is 1. The van der Waals surface area contributed by atoms with E-state index in [1.165, 1.54) is 16.7 Å². The zero-order chi connectivity index (χ0) is 12.4. The van der Waals surface area contributed by atoms with Gasteiger partial charge in [0.25, 0.3) is 0 Å². The van der Waals surface area contributed by atoms with Gasteiger partial charge >= 0.3 is 0 Å². The maximum Gasteiger partial charge on any atom is 0.140 e. The molecular formula is C15H18O2. The fraction of sp³-hybridized carbons (Fsp3) is 0.400. The molecule has 2 nitrogen and oxygen atoms in total. The number of allylic oxidation sites excluding steroid dienone is 2. The zero-order valence-electron chi connectivity index (χ0n) is 10.4. The first-order valence-electron chi connectivity index (χ1n) is 6.05. The van der Waals surface area contributed by atoms with E-state index >= 15 is 0 Å². The maximum atomic E-state index is 11.8. The second-order valence-electron chi connectivity index (χ2n) is 4.81. The van der Waals surface area contributed by atoms with Crippen molar-refractivity contribution in [1.82, 2.24) is 0 Å². The van der Waals surface area contributed by atoms with Gasteiger partial charge in [0.1, 0.15) is 5.78 Å². The predicted molar refractivity (Wildman–Crippen MR) is 68.1 cm³/mol. The number of carbonyl (C=O) groups excluding carboxylic acids is 1. The van der Waals surface area contributed by atoms with Crippen molar-refractivity contribution in [2.45, 2.75) is 33.1 Å². The molecule has 17 heavy (non-hydrogen) atoms. The molecule has 2 heteroatoms. The van der Waals surface area contributed by atoms with Crippen LogP contribution in [-0.4, -0.2) is 10.9 Å². The Kier molecular flexibility index (Phi) is 3.32. The minimum Gasteiger partial charge on any atom is -0.513 e. The minimum atomic E-state index is -0.149. The van der Waals surface area contributed by atoms with Crippen LogP contribution in [0, 0.1) is 19.8 Å². The van der Waals surface area contributed by atoms with Gasteiger partial charge in [-0.1, -0.05) is 18.2 Å². The Labute approximate surface area is 102 Å². The summed E-state index contributed by atoms with van der Waals surface area (Å²) in [4.78, 5) is 11.8. The Morgan fingerprint density at radius 2 is 1.88 bits per heavy atom. The van der Waals surface area contributed by atoms with Gasteiger partial charge < -0.3 is 5.11 Å². The van der Waals surface area contributed by atoms with Crippen LogP contribution in [0.25, 0.3) is 0 Å². The van der Waals surface area contributed by atoms with E-state index in [0.29, 0.717) is 25.0 Å². The van der Waals surface area contributed by atoms with E-state index in [1.54, 1.807) is 6.08 Å². The number of ketones is 1. The Bertz CT molecular complexity index is 452. The normalized spacial score (nSPS) is 20.2. The first kappa shape index (κ1) is 11.9. The van der Waals surface area contributed by atoms with Crippen molar-refractivity contribution >= 4 is 5.78 Å². The summed E-state index contributed by atoms with van der Waals surface area (Å²) in [6.07, 6.45) is 3.40. The minimum absolute atomic E-state index is 0.149. The molecule has 2 rings (SSSR count). The lowest BCUT2D eigenvalue weighted by Gasteiger charge is -2.19. The molecule has 1 unspecified atom stereocenters. The van der Waals surface area contributed by atoms with Gasteiger partial charge in [0, 0.05) is 18.8 Å². The highest BCUT2D eigenvalue weighted by Crippen LogP contribution is 2.24. The average molecular weight is 230 g/mol. The van der Waals surface area contributed by atoms with Gasteiger partial charge in [-0.3, -0.25) is 4.79 Å². The van der Waals surface area contributed by atoms with E-state index in [4.69, 9.17) is 0 Å².